The highest BCUT2D eigenvalue weighted by Crippen LogP contribution is 2.41. The number of aromatic hydroxyl groups is 1. The van der Waals surface area contributed by atoms with Crippen LogP contribution in [0.3, 0.4) is 0 Å². The van der Waals surface area contributed by atoms with Crippen molar-refractivity contribution in [2.75, 3.05) is 0 Å². The lowest BCUT2D eigenvalue weighted by Crippen LogP contribution is -2.26. The number of hydrogen-bond acceptors (Lipinski definition) is 1. The van der Waals surface area contributed by atoms with Gasteiger partial charge in [-0.15, -0.1) is 0 Å². The predicted octanol–water partition coefficient (Wildman–Crippen LogP) is 5.49. The Kier molecular flexibility index (Phi) is 4.87. The predicted molar refractivity (Wildman–Crippen MR) is 88.6 cm³/mol. The van der Waals surface area contributed by atoms with E-state index in [1.54, 1.807) is 0 Å². The summed E-state index contributed by atoms with van der Waals surface area (Å²) in [6.07, 6.45) is 13.9. The second-order valence-electron chi connectivity index (χ2n) is 7.38. The zero-order chi connectivity index (χ0) is 14.7. The first kappa shape index (κ1) is 14.9. The molecule has 0 spiro atoms. The first-order valence-electron chi connectivity index (χ1n) is 9.07. The summed E-state index contributed by atoms with van der Waals surface area (Å²) >= 11 is 0. The Labute approximate surface area is 129 Å². The molecule has 0 aliphatic heterocycles. The molecule has 116 valence electrons. The summed E-state index contributed by atoms with van der Waals surface area (Å²) in [4.78, 5) is 0. The summed E-state index contributed by atoms with van der Waals surface area (Å²) in [5.41, 5.74) is 2.89. The number of fused-ring (bicyclic) bond motifs is 1. The van der Waals surface area contributed by atoms with Crippen molar-refractivity contribution >= 4 is 0 Å². The molecule has 2 aliphatic carbocycles. The molecule has 1 saturated carbocycles. The minimum absolute atomic E-state index is 0.434. The van der Waals surface area contributed by atoms with Crippen LogP contribution in [0.4, 0.5) is 0 Å². The summed E-state index contributed by atoms with van der Waals surface area (Å²) in [6.45, 7) is 2.31. The molecule has 1 aromatic rings. The van der Waals surface area contributed by atoms with Crippen molar-refractivity contribution < 1.29 is 5.11 Å². The summed E-state index contributed by atoms with van der Waals surface area (Å²) in [5.74, 6) is 3.32. The van der Waals surface area contributed by atoms with Gasteiger partial charge in [-0.2, -0.15) is 0 Å². The number of benzene rings is 1. The van der Waals surface area contributed by atoms with E-state index in [1.807, 2.05) is 12.1 Å². The van der Waals surface area contributed by atoms with Gasteiger partial charge in [-0.05, 0) is 73.1 Å². The topological polar surface area (TPSA) is 20.2 Å². The van der Waals surface area contributed by atoms with Crippen molar-refractivity contribution in [1.82, 2.24) is 0 Å². The lowest BCUT2D eigenvalue weighted by Gasteiger charge is -2.36. The summed E-state index contributed by atoms with van der Waals surface area (Å²) < 4.78 is 0. The molecule has 3 rings (SSSR count). The molecule has 0 bridgehead atoms. The van der Waals surface area contributed by atoms with E-state index >= 15 is 0 Å². The van der Waals surface area contributed by atoms with Gasteiger partial charge in [-0.25, -0.2) is 0 Å². The van der Waals surface area contributed by atoms with Crippen LogP contribution in [0, 0.1) is 17.8 Å². The first-order valence-corrected chi connectivity index (χ1v) is 9.07. The second-order valence-corrected chi connectivity index (χ2v) is 7.38. The molecular formula is C20H30O. The molecule has 0 radical (unpaired) electrons. The van der Waals surface area contributed by atoms with Gasteiger partial charge in [0, 0.05) is 0 Å². The van der Waals surface area contributed by atoms with Crippen molar-refractivity contribution in [3.8, 4) is 5.75 Å². The third-order valence-corrected chi connectivity index (χ3v) is 5.98. The van der Waals surface area contributed by atoms with E-state index in [1.165, 1.54) is 75.3 Å². The number of rotatable bonds is 4. The molecule has 1 aromatic carbocycles. The van der Waals surface area contributed by atoms with Gasteiger partial charge in [0.05, 0.1) is 0 Å². The van der Waals surface area contributed by atoms with Gasteiger partial charge < -0.3 is 5.11 Å². The highest BCUT2D eigenvalue weighted by atomic mass is 16.3. The van der Waals surface area contributed by atoms with Gasteiger partial charge >= 0.3 is 0 Å². The molecule has 0 aromatic heterocycles. The van der Waals surface area contributed by atoms with Gasteiger partial charge in [0.1, 0.15) is 5.75 Å². The standard InChI is InChI=1S/C20H30O/c1-2-3-4-15-5-7-16(8-6-15)17-9-10-19-14-20(21)12-11-18(19)13-17/h11-12,14-17,21H,2-10,13H2,1H3. The van der Waals surface area contributed by atoms with Crippen molar-refractivity contribution in [2.24, 2.45) is 17.8 Å². The molecule has 1 heteroatoms. The molecule has 0 amide bonds. The van der Waals surface area contributed by atoms with E-state index in [4.69, 9.17) is 0 Å². The van der Waals surface area contributed by atoms with Crippen LogP contribution >= 0.6 is 0 Å². The fourth-order valence-corrected chi connectivity index (χ4v) is 4.61. The molecule has 1 fully saturated rings. The van der Waals surface area contributed by atoms with E-state index in [0.29, 0.717) is 5.75 Å². The molecule has 21 heavy (non-hydrogen) atoms. The minimum atomic E-state index is 0.434. The Morgan fingerprint density at radius 1 is 1.00 bits per heavy atom. The van der Waals surface area contributed by atoms with Gasteiger partial charge in [0.25, 0.3) is 0 Å². The zero-order valence-electron chi connectivity index (χ0n) is 13.5. The second kappa shape index (κ2) is 6.85. The highest BCUT2D eigenvalue weighted by Gasteiger charge is 2.29. The van der Waals surface area contributed by atoms with Crippen LogP contribution in [-0.2, 0) is 12.8 Å². The Morgan fingerprint density at radius 3 is 2.57 bits per heavy atom. The Balaban J connectivity index is 1.54. The molecule has 1 N–H and O–H groups in total. The van der Waals surface area contributed by atoms with Crippen LogP contribution in [0.1, 0.15) is 69.4 Å². The molecule has 1 nitrogen and oxygen atoms in total. The van der Waals surface area contributed by atoms with Crippen molar-refractivity contribution in [1.29, 1.82) is 0 Å². The summed E-state index contributed by atoms with van der Waals surface area (Å²) in [5, 5.41) is 9.60. The zero-order valence-corrected chi connectivity index (χ0v) is 13.5. The summed E-state index contributed by atoms with van der Waals surface area (Å²) in [6, 6.07) is 6.00. The molecule has 0 heterocycles. The number of hydrogen-bond donors (Lipinski definition) is 1. The van der Waals surface area contributed by atoms with Gasteiger partial charge in [0.15, 0.2) is 0 Å². The van der Waals surface area contributed by atoms with E-state index in [9.17, 15) is 5.11 Å². The largest absolute Gasteiger partial charge is 0.508 e. The number of phenolic OH excluding ortho intramolecular Hbond substituents is 1. The van der Waals surface area contributed by atoms with Crippen molar-refractivity contribution in [2.45, 2.75) is 71.1 Å². The van der Waals surface area contributed by atoms with Crippen LogP contribution in [0.25, 0.3) is 0 Å². The maximum absolute atomic E-state index is 9.60. The van der Waals surface area contributed by atoms with Crippen LogP contribution in [0.15, 0.2) is 18.2 Å². The molecular weight excluding hydrogens is 256 g/mol. The average Bonchev–Trinajstić information content (AvgIpc) is 2.53. The fourth-order valence-electron chi connectivity index (χ4n) is 4.61. The SMILES string of the molecule is CCCCC1CCC(C2CCc3cc(O)ccc3C2)CC1. The number of unbranched alkanes of at least 4 members (excludes halogenated alkanes) is 1. The van der Waals surface area contributed by atoms with E-state index < -0.39 is 0 Å². The van der Waals surface area contributed by atoms with Gasteiger partial charge in [-0.3, -0.25) is 0 Å². The van der Waals surface area contributed by atoms with Gasteiger partial charge in [-0.1, -0.05) is 45.1 Å². The smallest absolute Gasteiger partial charge is 0.115 e. The van der Waals surface area contributed by atoms with Crippen LogP contribution in [0.5, 0.6) is 5.75 Å². The maximum atomic E-state index is 9.60. The van der Waals surface area contributed by atoms with Crippen molar-refractivity contribution in [3.05, 3.63) is 29.3 Å². The lowest BCUT2D eigenvalue weighted by atomic mass is 9.69. The van der Waals surface area contributed by atoms with E-state index in [2.05, 4.69) is 13.0 Å². The normalized spacial score (nSPS) is 29.1. The molecule has 2 aliphatic rings. The third-order valence-electron chi connectivity index (χ3n) is 5.98. The Bertz CT molecular complexity index is 457. The van der Waals surface area contributed by atoms with Crippen LogP contribution in [0.2, 0.25) is 0 Å². The highest BCUT2D eigenvalue weighted by molar-refractivity contribution is 5.36. The van der Waals surface area contributed by atoms with E-state index in [0.717, 1.165) is 17.8 Å². The fraction of sp³-hybridized carbons (Fsp3) is 0.700. The van der Waals surface area contributed by atoms with Crippen LogP contribution in [-0.4, -0.2) is 5.11 Å². The van der Waals surface area contributed by atoms with Crippen LogP contribution < -0.4 is 0 Å². The first-order chi connectivity index (χ1) is 10.3. The lowest BCUT2D eigenvalue weighted by molar-refractivity contribution is 0.183. The van der Waals surface area contributed by atoms with E-state index in [-0.39, 0.29) is 0 Å². The van der Waals surface area contributed by atoms with Crippen molar-refractivity contribution in [3.63, 3.8) is 0 Å². The number of phenols is 1. The maximum Gasteiger partial charge on any atom is 0.115 e. The number of aryl methyl sites for hydroxylation is 1. The quantitative estimate of drug-likeness (QED) is 0.775. The Morgan fingerprint density at radius 2 is 1.81 bits per heavy atom. The molecule has 1 unspecified atom stereocenters. The molecule has 0 saturated heterocycles. The monoisotopic (exact) mass is 286 g/mol. The third kappa shape index (κ3) is 3.62. The average molecular weight is 286 g/mol. The van der Waals surface area contributed by atoms with Gasteiger partial charge in [0.2, 0.25) is 0 Å². The Hall–Kier alpha value is -0.980. The molecule has 1 atom stereocenters. The summed E-state index contributed by atoms with van der Waals surface area (Å²) in [7, 11) is 0. The minimum Gasteiger partial charge on any atom is -0.508 e.